The fraction of sp³-hybridized carbons (Fsp3) is 0.400. The van der Waals surface area contributed by atoms with Gasteiger partial charge in [0.1, 0.15) is 6.42 Å². The third-order valence-corrected chi connectivity index (χ3v) is 3.85. The Morgan fingerprint density at radius 1 is 1.32 bits per heavy atom. The molecule has 1 heterocycles. The quantitative estimate of drug-likeness (QED) is 0.464. The summed E-state index contributed by atoms with van der Waals surface area (Å²) in [4.78, 5) is 35.9. The van der Waals surface area contributed by atoms with E-state index >= 15 is 0 Å². The summed E-state index contributed by atoms with van der Waals surface area (Å²) >= 11 is 0. The largest absolute Gasteiger partial charge is 0.469 e. The van der Waals surface area contributed by atoms with E-state index in [1.165, 1.54) is 7.11 Å². The highest BCUT2D eigenvalue weighted by atomic mass is 19.2. The summed E-state index contributed by atoms with van der Waals surface area (Å²) in [5, 5.41) is 4.73. The van der Waals surface area contributed by atoms with Gasteiger partial charge < -0.3 is 20.3 Å². The molecule has 1 aromatic carbocycles. The molecule has 0 bridgehead atoms. The van der Waals surface area contributed by atoms with E-state index in [9.17, 15) is 27.6 Å². The Kier molecular flexibility index (Phi) is 5.97. The van der Waals surface area contributed by atoms with Crippen LogP contribution < -0.4 is 15.5 Å². The van der Waals surface area contributed by atoms with Crippen molar-refractivity contribution in [2.24, 2.45) is 0 Å². The minimum Gasteiger partial charge on any atom is -0.469 e. The Morgan fingerprint density at radius 2 is 2.04 bits per heavy atom. The van der Waals surface area contributed by atoms with Gasteiger partial charge in [-0.1, -0.05) is 0 Å². The summed E-state index contributed by atoms with van der Waals surface area (Å²) in [5.41, 5.74) is -0.505. The molecular formula is C15H17F3N3O4+. The van der Waals surface area contributed by atoms with Crippen molar-refractivity contribution in [2.45, 2.75) is 12.5 Å². The summed E-state index contributed by atoms with van der Waals surface area (Å²) in [7, 11) is 1.18. The Labute approximate surface area is 141 Å². The number of carbonyl (C=O) groups is 3. The minimum absolute atomic E-state index is 0.218. The average Bonchev–Trinajstić information content (AvgIpc) is 2.58. The molecule has 0 spiro atoms. The molecule has 1 aromatic rings. The lowest BCUT2D eigenvalue weighted by molar-refractivity contribution is -0.909. The molecule has 2 rings (SSSR count). The SMILES string of the molecule is COC(=O)C[C@@H]1C(=O)NCC[NH+]1CC(=O)Nc1ccc(F)c(F)c1F. The third-order valence-electron chi connectivity index (χ3n) is 3.85. The number of rotatable bonds is 5. The monoisotopic (exact) mass is 360 g/mol. The predicted octanol–water partition coefficient (Wildman–Crippen LogP) is -1.01. The van der Waals surface area contributed by atoms with Crippen LogP contribution in [-0.4, -0.2) is 50.6 Å². The van der Waals surface area contributed by atoms with Crippen LogP contribution in [0, 0.1) is 17.5 Å². The van der Waals surface area contributed by atoms with Gasteiger partial charge in [0.25, 0.3) is 11.8 Å². The molecule has 1 unspecified atom stereocenters. The van der Waals surface area contributed by atoms with Gasteiger partial charge in [0, 0.05) is 0 Å². The lowest BCUT2D eigenvalue weighted by Gasteiger charge is -2.30. The number of ether oxygens (including phenoxy) is 1. The zero-order valence-electron chi connectivity index (χ0n) is 13.3. The van der Waals surface area contributed by atoms with Crippen LogP contribution in [-0.2, 0) is 19.1 Å². The van der Waals surface area contributed by atoms with E-state index < -0.39 is 47.0 Å². The van der Waals surface area contributed by atoms with Crippen LogP contribution in [0.2, 0.25) is 0 Å². The van der Waals surface area contributed by atoms with Crippen molar-refractivity contribution in [1.29, 1.82) is 0 Å². The molecule has 1 aliphatic rings. The van der Waals surface area contributed by atoms with Gasteiger partial charge in [0.15, 0.2) is 30.0 Å². The number of piperazine rings is 1. The van der Waals surface area contributed by atoms with Crippen molar-refractivity contribution in [3.8, 4) is 0 Å². The number of hydrogen-bond acceptors (Lipinski definition) is 4. The van der Waals surface area contributed by atoms with E-state index in [1.54, 1.807) is 0 Å². The fourth-order valence-electron chi connectivity index (χ4n) is 2.55. The number of hydrogen-bond donors (Lipinski definition) is 3. The number of quaternary nitrogens is 1. The van der Waals surface area contributed by atoms with Gasteiger partial charge in [-0.15, -0.1) is 0 Å². The zero-order chi connectivity index (χ0) is 18.6. The molecule has 136 valence electrons. The maximum Gasteiger partial charge on any atom is 0.312 e. The maximum absolute atomic E-state index is 13.6. The number of halogens is 3. The van der Waals surface area contributed by atoms with E-state index in [2.05, 4.69) is 15.4 Å². The molecule has 2 atom stereocenters. The average molecular weight is 360 g/mol. The molecule has 0 saturated carbocycles. The summed E-state index contributed by atoms with van der Waals surface area (Å²) in [6, 6.07) is 0.757. The Hall–Kier alpha value is -2.62. The molecular weight excluding hydrogens is 343 g/mol. The van der Waals surface area contributed by atoms with Crippen molar-refractivity contribution < 1.29 is 37.2 Å². The van der Waals surface area contributed by atoms with Crippen LogP contribution in [0.3, 0.4) is 0 Å². The number of benzene rings is 1. The topological polar surface area (TPSA) is 88.9 Å². The first-order valence-corrected chi connectivity index (χ1v) is 7.46. The summed E-state index contributed by atoms with van der Waals surface area (Å²) in [6.45, 7) is 0.410. The van der Waals surface area contributed by atoms with Crippen molar-refractivity contribution in [1.82, 2.24) is 5.32 Å². The van der Waals surface area contributed by atoms with Crippen molar-refractivity contribution in [2.75, 3.05) is 32.1 Å². The van der Waals surface area contributed by atoms with E-state index in [1.807, 2.05) is 0 Å². The van der Waals surface area contributed by atoms with Gasteiger partial charge >= 0.3 is 5.97 Å². The highest BCUT2D eigenvalue weighted by molar-refractivity contribution is 5.92. The zero-order valence-corrected chi connectivity index (χ0v) is 13.3. The first kappa shape index (κ1) is 18.7. The standard InChI is InChI=1S/C15H16F3N3O4/c1-25-12(23)6-10-15(24)19-4-5-21(10)7-11(22)20-9-3-2-8(16)13(17)14(9)18/h2-3,10H,4-7H2,1H3,(H,19,24)(H,20,22)/p+1/t10-/m1/s1. The predicted molar refractivity (Wildman–Crippen MR) is 79.1 cm³/mol. The smallest absolute Gasteiger partial charge is 0.312 e. The van der Waals surface area contributed by atoms with E-state index in [-0.39, 0.29) is 13.0 Å². The van der Waals surface area contributed by atoms with Crippen LogP contribution in [0.5, 0.6) is 0 Å². The van der Waals surface area contributed by atoms with Crippen LogP contribution >= 0.6 is 0 Å². The highest BCUT2D eigenvalue weighted by Crippen LogP contribution is 2.19. The number of nitrogens with one attached hydrogen (secondary N) is 3. The Bertz CT molecular complexity index is 699. The van der Waals surface area contributed by atoms with Gasteiger partial charge in [-0.25, -0.2) is 13.2 Å². The van der Waals surface area contributed by atoms with Crippen molar-refractivity contribution in [3.63, 3.8) is 0 Å². The maximum atomic E-state index is 13.6. The second-order valence-corrected chi connectivity index (χ2v) is 5.48. The first-order valence-electron chi connectivity index (χ1n) is 7.46. The molecule has 2 amide bonds. The first-order chi connectivity index (χ1) is 11.8. The summed E-state index contributed by atoms with van der Waals surface area (Å²) in [6.07, 6.45) is -0.218. The van der Waals surface area contributed by atoms with Gasteiger partial charge in [0.2, 0.25) is 0 Å². The molecule has 25 heavy (non-hydrogen) atoms. The lowest BCUT2D eigenvalue weighted by atomic mass is 10.1. The molecule has 1 fully saturated rings. The van der Waals surface area contributed by atoms with Crippen LogP contribution in [0.1, 0.15) is 6.42 Å². The second kappa shape index (κ2) is 7.97. The molecule has 0 aromatic heterocycles. The fourth-order valence-corrected chi connectivity index (χ4v) is 2.55. The van der Waals surface area contributed by atoms with Gasteiger partial charge in [-0.05, 0) is 12.1 Å². The molecule has 0 radical (unpaired) electrons. The highest BCUT2D eigenvalue weighted by Gasteiger charge is 2.37. The molecule has 3 N–H and O–H groups in total. The molecule has 1 saturated heterocycles. The second-order valence-electron chi connectivity index (χ2n) is 5.48. The van der Waals surface area contributed by atoms with Crippen LogP contribution in [0.4, 0.5) is 18.9 Å². The number of carbonyl (C=O) groups excluding carboxylic acids is 3. The molecule has 10 heteroatoms. The van der Waals surface area contributed by atoms with Gasteiger partial charge in [-0.2, -0.15) is 0 Å². The number of methoxy groups -OCH3 is 1. The molecule has 0 aliphatic carbocycles. The summed E-state index contributed by atoms with van der Waals surface area (Å²) < 4.78 is 44.2. The number of anilines is 1. The van der Waals surface area contributed by atoms with Crippen molar-refractivity contribution in [3.05, 3.63) is 29.6 Å². The molecule has 1 aliphatic heterocycles. The number of amides is 2. The third kappa shape index (κ3) is 4.47. The Morgan fingerprint density at radius 3 is 2.72 bits per heavy atom. The minimum atomic E-state index is -1.69. The van der Waals surface area contributed by atoms with Crippen LogP contribution in [0.15, 0.2) is 12.1 Å². The Balaban J connectivity index is 2.06. The summed E-state index contributed by atoms with van der Waals surface area (Å²) in [5.74, 6) is -6.28. The normalized spacial score (nSPS) is 19.9. The van der Waals surface area contributed by atoms with Crippen LogP contribution in [0.25, 0.3) is 0 Å². The van der Waals surface area contributed by atoms with E-state index in [4.69, 9.17) is 0 Å². The van der Waals surface area contributed by atoms with Crippen molar-refractivity contribution >= 4 is 23.5 Å². The van der Waals surface area contributed by atoms with Gasteiger partial charge in [0.05, 0.1) is 25.9 Å². The van der Waals surface area contributed by atoms with E-state index in [0.29, 0.717) is 24.1 Å². The lowest BCUT2D eigenvalue weighted by Crippen LogP contribution is -3.20. The van der Waals surface area contributed by atoms with E-state index in [0.717, 1.165) is 6.07 Å². The molecule has 7 nitrogen and oxygen atoms in total. The van der Waals surface area contributed by atoms with Gasteiger partial charge in [-0.3, -0.25) is 14.4 Å². The number of esters is 1.